The number of carbonyl (C=O) groups excluding carboxylic acids is 2. The molecule has 1 aromatic carbocycles. The summed E-state index contributed by atoms with van der Waals surface area (Å²) in [6.07, 6.45) is 2.54. The molecule has 3 atom stereocenters. The van der Waals surface area contributed by atoms with Crippen molar-refractivity contribution in [2.75, 3.05) is 20.2 Å². The van der Waals surface area contributed by atoms with Crippen molar-refractivity contribution in [3.05, 3.63) is 35.9 Å². The first kappa shape index (κ1) is 20.6. The molecule has 0 spiro atoms. The quantitative estimate of drug-likeness (QED) is 0.743. The summed E-state index contributed by atoms with van der Waals surface area (Å²) >= 11 is 0. The number of ether oxygens (including phenoxy) is 2. The first-order chi connectivity index (χ1) is 13.3. The van der Waals surface area contributed by atoms with Crippen LogP contribution in [-0.2, 0) is 20.8 Å². The third-order valence-electron chi connectivity index (χ3n) is 5.53. The highest BCUT2D eigenvalue weighted by molar-refractivity contribution is 5.82. The summed E-state index contributed by atoms with van der Waals surface area (Å²) in [5, 5.41) is 0. The summed E-state index contributed by atoms with van der Waals surface area (Å²) in [7, 11) is 1.39. The SMILES string of the molecule is COC(=O)[C@@H]1[C@@H]2CCC[C@@H](CN2Cc2ccccc2)CN1C(=O)OC(C)(C)C. The van der Waals surface area contributed by atoms with Gasteiger partial charge >= 0.3 is 12.1 Å². The van der Waals surface area contributed by atoms with Crippen molar-refractivity contribution in [2.24, 2.45) is 5.92 Å². The lowest BCUT2D eigenvalue weighted by Gasteiger charge is -2.38. The van der Waals surface area contributed by atoms with E-state index in [1.165, 1.54) is 12.7 Å². The Morgan fingerprint density at radius 3 is 2.46 bits per heavy atom. The van der Waals surface area contributed by atoms with Crippen LogP contribution >= 0.6 is 0 Å². The Labute approximate surface area is 167 Å². The van der Waals surface area contributed by atoms with E-state index in [9.17, 15) is 9.59 Å². The van der Waals surface area contributed by atoms with Crippen LogP contribution in [0.25, 0.3) is 0 Å². The van der Waals surface area contributed by atoms with Crippen LogP contribution in [0.1, 0.15) is 45.6 Å². The second-order valence-corrected chi connectivity index (χ2v) is 8.88. The normalized spacial score (nSPS) is 25.7. The molecule has 154 valence electrons. The summed E-state index contributed by atoms with van der Waals surface area (Å²) in [6.45, 7) is 7.69. The fourth-order valence-electron chi connectivity index (χ4n) is 4.38. The molecular weight excluding hydrogens is 356 g/mol. The molecule has 0 aliphatic carbocycles. The van der Waals surface area contributed by atoms with Crippen LogP contribution in [-0.4, -0.2) is 59.7 Å². The van der Waals surface area contributed by atoms with Crippen molar-refractivity contribution < 1.29 is 19.1 Å². The van der Waals surface area contributed by atoms with Gasteiger partial charge in [-0.05, 0) is 45.1 Å². The Bertz CT molecular complexity index is 686. The molecule has 6 nitrogen and oxygen atoms in total. The maximum absolute atomic E-state index is 13.0. The molecular formula is C22H32N2O4. The number of methoxy groups -OCH3 is 1. The van der Waals surface area contributed by atoms with Crippen LogP contribution in [0, 0.1) is 5.92 Å². The fourth-order valence-corrected chi connectivity index (χ4v) is 4.38. The predicted octanol–water partition coefficient (Wildman–Crippen LogP) is 3.45. The second kappa shape index (κ2) is 8.52. The van der Waals surface area contributed by atoms with E-state index >= 15 is 0 Å². The molecule has 6 heteroatoms. The van der Waals surface area contributed by atoms with Gasteiger partial charge in [-0.25, -0.2) is 9.59 Å². The highest BCUT2D eigenvalue weighted by Crippen LogP contribution is 2.33. The van der Waals surface area contributed by atoms with Gasteiger partial charge in [-0.2, -0.15) is 0 Å². The van der Waals surface area contributed by atoms with Crippen LogP contribution in [0.5, 0.6) is 0 Å². The van der Waals surface area contributed by atoms with Gasteiger partial charge in [0.15, 0.2) is 0 Å². The second-order valence-electron chi connectivity index (χ2n) is 8.88. The summed E-state index contributed by atoms with van der Waals surface area (Å²) in [6, 6.07) is 9.56. The predicted molar refractivity (Wildman–Crippen MR) is 107 cm³/mol. The van der Waals surface area contributed by atoms with Crippen molar-refractivity contribution in [1.29, 1.82) is 0 Å². The third-order valence-corrected chi connectivity index (χ3v) is 5.53. The van der Waals surface area contributed by atoms with Gasteiger partial charge in [-0.15, -0.1) is 0 Å². The molecule has 3 rings (SSSR count). The third kappa shape index (κ3) is 4.85. The molecule has 0 radical (unpaired) electrons. The number of amides is 1. The zero-order chi connectivity index (χ0) is 20.3. The average molecular weight is 389 g/mol. The lowest BCUT2D eigenvalue weighted by atomic mass is 9.95. The summed E-state index contributed by atoms with van der Waals surface area (Å²) in [4.78, 5) is 29.8. The number of fused-ring (bicyclic) bond motifs is 3. The number of likely N-dealkylation sites (tertiary alicyclic amines) is 1. The number of hydrogen-bond acceptors (Lipinski definition) is 5. The molecule has 28 heavy (non-hydrogen) atoms. The van der Waals surface area contributed by atoms with Gasteiger partial charge in [0.05, 0.1) is 7.11 Å². The van der Waals surface area contributed by atoms with E-state index in [0.29, 0.717) is 12.5 Å². The Hall–Kier alpha value is -2.08. The molecule has 1 amide bonds. The molecule has 0 saturated carbocycles. The molecule has 0 unspecified atom stereocenters. The van der Waals surface area contributed by atoms with Gasteiger partial charge in [0.2, 0.25) is 0 Å². The molecule has 2 saturated heterocycles. The lowest BCUT2D eigenvalue weighted by Crippen LogP contribution is -2.56. The standard InChI is InChI=1S/C22H32N2O4/c1-22(2,3)28-21(26)24-15-17-11-8-12-18(19(24)20(25)27-4)23(14-17)13-16-9-6-5-7-10-16/h5-7,9-10,17-19H,8,11-15H2,1-4H3/t17-,18-,19-/m0/s1. The number of hydrogen-bond donors (Lipinski definition) is 0. The van der Waals surface area contributed by atoms with Gasteiger partial charge in [0.25, 0.3) is 0 Å². The minimum absolute atomic E-state index is 0.0762. The van der Waals surface area contributed by atoms with Crippen molar-refractivity contribution in [2.45, 2.75) is 64.3 Å². The molecule has 0 N–H and O–H groups in total. The monoisotopic (exact) mass is 388 g/mol. The number of carbonyl (C=O) groups is 2. The zero-order valence-corrected chi connectivity index (χ0v) is 17.4. The van der Waals surface area contributed by atoms with Crippen LogP contribution in [0.15, 0.2) is 30.3 Å². The number of benzene rings is 1. The molecule has 1 aromatic rings. The van der Waals surface area contributed by atoms with Crippen molar-refractivity contribution in [1.82, 2.24) is 9.80 Å². The number of rotatable bonds is 3. The van der Waals surface area contributed by atoms with E-state index in [1.54, 1.807) is 4.90 Å². The Kier molecular flexibility index (Phi) is 6.28. The number of nitrogens with zero attached hydrogens (tertiary/aromatic N) is 2. The zero-order valence-electron chi connectivity index (χ0n) is 17.4. The summed E-state index contributed by atoms with van der Waals surface area (Å²) in [5.41, 5.74) is 0.602. The maximum atomic E-state index is 13.0. The lowest BCUT2D eigenvalue weighted by molar-refractivity contribution is -0.149. The minimum atomic E-state index is -0.645. The molecule has 0 aromatic heterocycles. The van der Waals surface area contributed by atoms with Crippen molar-refractivity contribution in [3.8, 4) is 0 Å². The summed E-state index contributed by atoms with van der Waals surface area (Å²) in [5.74, 6) is -0.0487. The molecule has 2 fully saturated rings. The van der Waals surface area contributed by atoms with Crippen LogP contribution in [0.3, 0.4) is 0 Å². The molecule has 2 bridgehead atoms. The van der Waals surface area contributed by atoms with Crippen molar-refractivity contribution in [3.63, 3.8) is 0 Å². The van der Waals surface area contributed by atoms with E-state index in [-0.39, 0.29) is 12.0 Å². The van der Waals surface area contributed by atoms with Gasteiger partial charge in [0.1, 0.15) is 11.6 Å². The highest BCUT2D eigenvalue weighted by Gasteiger charge is 2.46. The van der Waals surface area contributed by atoms with Gasteiger partial charge in [0, 0.05) is 25.7 Å². The Balaban J connectivity index is 1.92. The van der Waals surface area contributed by atoms with Gasteiger partial charge in [-0.1, -0.05) is 36.8 Å². The first-order valence-electron chi connectivity index (χ1n) is 10.1. The first-order valence-corrected chi connectivity index (χ1v) is 10.1. The van der Waals surface area contributed by atoms with Crippen LogP contribution in [0.2, 0.25) is 0 Å². The van der Waals surface area contributed by atoms with Gasteiger partial charge < -0.3 is 9.47 Å². The Morgan fingerprint density at radius 1 is 1.11 bits per heavy atom. The van der Waals surface area contributed by atoms with Crippen LogP contribution < -0.4 is 0 Å². The average Bonchev–Trinajstić information content (AvgIpc) is 2.89. The topological polar surface area (TPSA) is 59.1 Å². The van der Waals surface area contributed by atoms with E-state index in [1.807, 2.05) is 39.0 Å². The summed E-state index contributed by atoms with van der Waals surface area (Å²) < 4.78 is 10.8. The van der Waals surface area contributed by atoms with Gasteiger partial charge in [-0.3, -0.25) is 9.80 Å². The molecule has 2 aliphatic heterocycles. The van der Waals surface area contributed by atoms with Crippen LogP contribution in [0.4, 0.5) is 4.79 Å². The minimum Gasteiger partial charge on any atom is -0.467 e. The van der Waals surface area contributed by atoms with E-state index < -0.39 is 17.7 Å². The van der Waals surface area contributed by atoms with E-state index in [0.717, 1.165) is 32.4 Å². The highest BCUT2D eigenvalue weighted by atomic mass is 16.6. The number of esters is 1. The Morgan fingerprint density at radius 2 is 1.82 bits per heavy atom. The fraction of sp³-hybridized carbons (Fsp3) is 0.636. The van der Waals surface area contributed by atoms with E-state index in [2.05, 4.69) is 17.0 Å². The van der Waals surface area contributed by atoms with Crippen molar-refractivity contribution >= 4 is 12.1 Å². The molecule has 2 aliphatic rings. The smallest absolute Gasteiger partial charge is 0.411 e. The maximum Gasteiger partial charge on any atom is 0.411 e. The van der Waals surface area contributed by atoms with E-state index in [4.69, 9.17) is 9.47 Å². The molecule has 2 heterocycles. The largest absolute Gasteiger partial charge is 0.467 e.